The van der Waals surface area contributed by atoms with Gasteiger partial charge >= 0.3 is 0 Å². The molecule has 2 rings (SSSR count). The minimum absolute atomic E-state index is 0.0556. The molecule has 0 radical (unpaired) electrons. The zero-order valence-electron chi connectivity index (χ0n) is 13.3. The number of Topliss-reactive ketones (excluding diaryl/α,β-unsaturated/α-hetero) is 1. The van der Waals surface area contributed by atoms with E-state index in [4.69, 9.17) is 22.9 Å². The van der Waals surface area contributed by atoms with E-state index in [1.54, 1.807) is 0 Å². The second-order valence-electron chi connectivity index (χ2n) is 5.32. The molecule has 0 spiro atoms. The van der Waals surface area contributed by atoms with Crippen LogP contribution in [-0.4, -0.2) is 35.7 Å². The first-order valence-corrected chi connectivity index (χ1v) is 7.35. The summed E-state index contributed by atoms with van der Waals surface area (Å²) in [5.74, 6) is 1.02. The van der Waals surface area contributed by atoms with E-state index in [0.29, 0.717) is 37.3 Å². The zero-order chi connectivity index (χ0) is 17.7. The number of aromatic nitrogens is 6. The Bertz CT molecular complexity index is 639. The smallest absolute Gasteiger partial charge is 0.225 e. The van der Waals surface area contributed by atoms with Crippen molar-refractivity contribution in [1.82, 2.24) is 29.9 Å². The summed E-state index contributed by atoms with van der Waals surface area (Å²) in [5.41, 5.74) is 22.1. The van der Waals surface area contributed by atoms with Gasteiger partial charge in [-0.1, -0.05) is 0 Å². The normalized spacial score (nSPS) is 10.9. The molecule has 8 N–H and O–H groups in total. The van der Waals surface area contributed by atoms with Crippen LogP contribution in [0, 0.1) is 5.92 Å². The van der Waals surface area contributed by atoms with Crippen molar-refractivity contribution >= 4 is 29.6 Å². The molecule has 0 aliphatic carbocycles. The first-order valence-electron chi connectivity index (χ1n) is 7.35. The molecule has 0 unspecified atom stereocenters. The maximum absolute atomic E-state index is 11.8. The number of carbonyl (C=O) groups is 1. The maximum atomic E-state index is 11.8. The first kappa shape index (κ1) is 17.2. The van der Waals surface area contributed by atoms with E-state index < -0.39 is 0 Å². The first-order chi connectivity index (χ1) is 11.3. The summed E-state index contributed by atoms with van der Waals surface area (Å²) >= 11 is 0. The van der Waals surface area contributed by atoms with Gasteiger partial charge in [-0.25, -0.2) is 0 Å². The molecular formula is C13H20N10O. The number of rotatable bonds is 7. The molecule has 2 aromatic rings. The van der Waals surface area contributed by atoms with Gasteiger partial charge in [-0.3, -0.25) is 4.79 Å². The standard InChI is InChI=1S/C13H20N10O/c1-6(24)7(2-4-8-18-10(14)22-11(15)19-8)3-5-9-20-12(16)23-13(17)21-9/h7H,2-5H2,1H3,(H4,14,15,18,19,22)(H4,16,17,20,21,23). The minimum atomic E-state index is -0.205. The van der Waals surface area contributed by atoms with E-state index in [-0.39, 0.29) is 35.5 Å². The van der Waals surface area contributed by atoms with Gasteiger partial charge in [-0.15, -0.1) is 0 Å². The van der Waals surface area contributed by atoms with Crippen molar-refractivity contribution in [2.75, 3.05) is 22.9 Å². The van der Waals surface area contributed by atoms with E-state index in [2.05, 4.69) is 29.9 Å². The third-order valence-corrected chi connectivity index (χ3v) is 3.44. The molecule has 0 bridgehead atoms. The Morgan fingerprint density at radius 2 is 1.08 bits per heavy atom. The largest absolute Gasteiger partial charge is 0.368 e. The highest BCUT2D eigenvalue weighted by Gasteiger charge is 2.17. The van der Waals surface area contributed by atoms with Crippen LogP contribution in [0.15, 0.2) is 0 Å². The Labute approximate surface area is 138 Å². The van der Waals surface area contributed by atoms with Gasteiger partial charge in [0, 0.05) is 18.8 Å². The Morgan fingerprint density at radius 1 is 0.750 bits per heavy atom. The number of aryl methyl sites for hydroxylation is 2. The fourth-order valence-electron chi connectivity index (χ4n) is 2.29. The van der Waals surface area contributed by atoms with Crippen molar-refractivity contribution in [1.29, 1.82) is 0 Å². The highest BCUT2D eigenvalue weighted by atomic mass is 16.1. The van der Waals surface area contributed by atoms with Gasteiger partial charge in [-0.2, -0.15) is 29.9 Å². The Balaban J connectivity index is 1.97. The van der Waals surface area contributed by atoms with Crippen molar-refractivity contribution in [3.8, 4) is 0 Å². The molecule has 2 aromatic heterocycles. The number of hydrogen-bond acceptors (Lipinski definition) is 11. The van der Waals surface area contributed by atoms with Gasteiger partial charge in [0.1, 0.15) is 17.4 Å². The van der Waals surface area contributed by atoms with Crippen molar-refractivity contribution in [3.63, 3.8) is 0 Å². The monoisotopic (exact) mass is 332 g/mol. The fourth-order valence-corrected chi connectivity index (χ4v) is 2.29. The van der Waals surface area contributed by atoms with E-state index in [1.807, 2.05) is 0 Å². The molecule has 0 aliphatic rings. The predicted molar refractivity (Wildman–Crippen MR) is 88.1 cm³/mol. The number of hydrogen-bond donors (Lipinski definition) is 4. The van der Waals surface area contributed by atoms with Crippen molar-refractivity contribution in [2.24, 2.45) is 5.92 Å². The molecule has 0 atom stereocenters. The average molecular weight is 332 g/mol. The van der Waals surface area contributed by atoms with Crippen LogP contribution in [0.4, 0.5) is 23.8 Å². The van der Waals surface area contributed by atoms with Crippen LogP contribution in [0.5, 0.6) is 0 Å². The average Bonchev–Trinajstić information content (AvgIpc) is 2.44. The fraction of sp³-hybridized carbons (Fsp3) is 0.462. The maximum Gasteiger partial charge on any atom is 0.225 e. The lowest BCUT2D eigenvalue weighted by Crippen LogP contribution is -2.16. The van der Waals surface area contributed by atoms with Gasteiger partial charge < -0.3 is 22.9 Å². The number of ketones is 1. The van der Waals surface area contributed by atoms with Crippen LogP contribution in [0.1, 0.15) is 31.4 Å². The Hall–Kier alpha value is -3.11. The molecule has 128 valence electrons. The summed E-state index contributed by atoms with van der Waals surface area (Å²) in [6.45, 7) is 1.54. The van der Waals surface area contributed by atoms with Crippen LogP contribution < -0.4 is 22.9 Å². The zero-order valence-corrected chi connectivity index (χ0v) is 13.3. The highest BCUT2D eigenvalue weighted by molar-refractivity contribution is 5.78. The lowest BCUT2D eigenvalue weighted by atomic mass is 9.93. The lowest BCUT2D eigenvalue weighted by Gasteiger charge is -2.13. The van der Waals surface area contributed by atoms with Crippen LogP contribution in [0.2, 0.25) is 0 Å². The third-order valence-electron chi connectivity index (χ3n) is 3.44. The quantitative estimate of drug-likeness (QED) is 0.492. The summed E-state index contributed by atoms with van der Waals surface area (Å²) in [6, 6.07) is 0. The molecule has 0 saturated carbocycles. The lowest BCUT2D eigenvalue weighted by molar-refractivity contribution is -0.121. The van der Waals surface area contributed by atoms with E-state index in [0.717, 1.165) is 0 Å². The van der Waals surface area contributed by atoms with Crippen molar-refractivity contribution < 1.29 is 4.79 Å². The third kappa shape index (κ3) is 4.97. The van der Waals surface area contributed by atoms with E-state index >= 15 is 0 Å². The Kier molecular flexibility index (Phi) is 5.35. The molecule has 0 saturated heterocycles. The van der Waals surface area contributed by atoms with Gasteiger partial charge in [-0.05, 0) is 19.8 Å². The SMILES string of the molecule is CC(=O)C(CCc1nc(N)nc(N)n1)CCc1nc(N)nc(N)n1. The molecule has 0 aromatic carbocycles. The van der Waals surface area contributed by atoms with Crippen molar-refractivity contribution in [3.05, 3.63) is 11.6 Å². The number of carbonyl (C=O) groups excluding carboxylic acids is 1. The van der Waals surface area contributed by atoms with E-state index in [1.165, 1.54) is 6.92 Å². The molecule has 11 nitrogen and oxygen atoms in total. The van der Waals surface area contributed by atoms with Crippen LogP contribution in [0.3, 0.4) is 0 Å². The second kappa shape index (κ2) is 7.44. The summed E-state index contributed by atoms with van der Waals surface area (Å²) in [5, 5.41) is 0. The highest BCUT2D eigenvalue weighted by Crippen LogP contribution is 2.16. The van der Waals surface area contributed by atoms with Gasteiger partial charge in [0.05, 0.1) is 0 Å². The minimum Gasteiger partial charge on any atom is -0.368 e. The Morgan fingerprint density at radius 3 is 1.38 bits per heavy atom. The predicted octanol–water partition coefficient (Wildman–Crippen LogP) is -0.844. The van der Waals surface area contributed by atoms with Crippen LogP contribution >= 0.6 is 0 Å². The van der Waals surface area contributed by atoms with E-state index in [9.17, 15) is 4.79 Å². The number of anilines is 4. The van der Waals surface area contributed by atoms with Gasteiger partial charge in [0.2, 0.25) is 23.8 Å². The van der Waals surface area contributed by atoms with Gasteiger partial charge in [0.25, 0.3) is 0 Å². The molecule has 11 heteroatoms. The molecule has 0 fully saturated rings. The molecule has 24 heavy (non-hydrogen) atoms. The van der Waals surface area contributed by atoms with Crippen molar-refractivity contribution in [2.45, 2.75) is 32.6 Å². The molecule has 2 heterocycles. The summed E-state index contributed by atoms with van der Waals surface area (Å²) in [7, 11) is 0. The molecular weight excluding hydrogens is 312 g/mol. The summed E-state index contributed by atoms with van der Waals surface area (Å²) in [6.07, 6.45) is 2.02. The number of nitrogens with zero attached hydrogens (tertiary/aromatic N) is 6. The summed E-state index contributed by atoms with van der Waals surface area (Å²) in [4.78, 5) is 35.3. The molecule has 0 amide bonds. The van der Waals surface area contributed by atoms with Gasteiger partial charge in [0.15, 0.2) is 0 Å². The number of nitrogens with two attached hydrogens (primary N) is 4. The second-order valence-corrected chi connectivity index (χ2v) is 5.32. The van der Waals surface area contributed by atoms with Crippen LogP contribution in [0.25, 0.3) is 0 Å². The topological polar surface area (TPSA) is 198 Å². The van der Waals surface area contributed by atoms with Crippen LogP contribution in [-0.2, 0) is 17.6 Å². The number of nitrogen functional groups attached to an aromatic ring is 4. The summed E-state index contributed by atoms with van der Waals surface area (Å²) < 4.78 is 0. The molecule has 0 aliphatic heterocycles.